The van der Waals surface area contributed by atoms with Crippen LogP contribution in [0, 0.1) is 5.92 Å². The van der Waals surface area contributed by atoms with Crippen LogP contribution in [0.15, 0.2) is 0 Å². The molecular formula is C14H29N3. The van der Waals surface area contributed by atoms with Gasteiger partial charge < -0.3 is 15.1 Å². The van der Waals surface area contributed by atoms with Crippen molar-refractivity contribution in [2.75, 3.05) is 40.8 Å². The van der Waals surface area contributed by atoms with Crippen molar-refractivity contribution < 1.29 is 0 Å². The van der Waals surface area contributed by atoms with Gasteiger partial charge in [-0.15, -0.1) is 0 Å². The summed E-state index contributed by atoms with van der Waals surface area (Å²) in [7, 11) is 6.71. The predicted molar refractivity (Wildman–Crippen MR) is 73.3 cm³/mol. The molecule has 17 heavy (non-hydrogen) atoms. The number of likely N-dealkylation sites (N-methyl/N-ethyl adjacent to an activating group) is 2. The van der Waals surface area contributed by atoms with Crippen molar-refractivity contribution >= 4 is 0 Å². The average Bonchev–Trinajstić information content (AvgIpc) is 2.76. The fourth-order valence-electron chi connectivity index (χ4n) is 3.65. The van der Waals surface area contributed by atoms with E-state index in [0.717, 1.165) is 18.0 Å². The fraction of sp³-hybridized carbons (Fsp3) is 1.00. The molecule has 1 aliphatic heterocycles. The van der Waals surface area contributed by atoms with Crippen LogP contribution in [0.2, 0.25) is 0 Å². The Hall–Kier alpha value is -0.120. The molecule has 3 heteroatoms. The van der Waals surface area contributed by atoms with Crippen LogP contribution in [0.1, 0.15) is 32.1 Å². The lowest BCUT2D eigenvalue weighted by atomic mass is 10.00. The van der Waals surface area contributed by atoms with E-state index in [-0.39, 0.29) is 0 Å². The van der Waals surface area contributed by atoms with Gasteiger partial charge in [0.25, 0.3) is 0 Å². The van der Waals surface area contributed by atoms with Crippen LogP contribution >= 0.6 is 0 Å². The van der Waals surface area contributed by atoms with Gasteiger partial charge in [-0.25, -0.2) is 0 Å². The first-order valence-corrected chi connectivity index (χ1v) is 7.26. The number of nitrogens with one attached hydrogen (secondary N) is 1. The zero-order valence-corrected chi connectivity index (χ0v) is 11.8. The molecule has 2 rings (SSSR count). The summed E-state index contributed by atoms with van der Waals surface area (Å²) < 4.78 is 0. The number of hydrogen-bond acceptors (Lipinski definition) is 3. The van der Waals surface area contributed by atoms with E-state index in [1.165, 1.54) is 51.7 Å². The lowest BCUT2D eigenvalue weighted by Gasteiger charge is -2.37. The molecule has 100 valence electrons. The quantitative estimate of drug-likeness (QED) is 0.800. The first-order chi connectivity index (χ1) is 8.20. The van der Waals surface area contributed by atoms with Gasteiger partial charge in [-0.05, 0) is 59.3 Å². The molecule has 3 unspecified atom stereocenters. The third kappa shape index (κ3) is 3.43. The number of likely N-dealkylation sites (tertiary alicyclic amines) is 1. The minimum atomic E-state index is 0.763. The second-order valence-corrected chi connectivity index (χ2v) is 6.08. The lowest BCUT2D eigenvalue weighted by Crippen LogP contribution is -2.47. The molecule has 2 aliphatic rings. The van der Waals surface area contributed by atoms with E-state index in [1.807, 2.05) is 0 Å². The van der Waals surface area contributed by atoms with Crippen molar-refractivity contribution in [1.82, 2.24) is 15.1 Å². The zero-order chi connectivity index (χ0) is 12.3. The third-order valence-electron chi connectivity index (χ3n) is 4.78. The molecule has 2 fully saturated rings. The largest absolute Gasteiger partial charge is 0.317 e. The number of hydrogen-bond donors (Lipinski definition) is 1. The second kappa shape index (κ2) is 6.17. The zero-order valence-electron chi connectivity index (χ0n) is 11.8. The maximum atomic E-state index is 3.49. The van der Waals surface area contributed by atoms with Crippen LogP contribution in [0.5, 0.6) is 0 Å². The van der Waals surface area contributed by atoms with Crippen molar-refractivity contribution in [2.24, 2.45) is 5.92 Å². The molecule has 0 radical (unpaired) electrons. The fourth-order valence-corrected chi connectivity index (χ4v) is 3.65. The molecule has 3 nitrogen and oxygen atoms in total. The van der Waals surface area contributed by atoms with E-state index in [9.17, 15) is 0 Å². The monoisotopic (exact) mass is 239 g/mol. The van der Waals surface area contributed by atoms with Gasteiger partial charge in [0.05, 0.1) is 0 Å². The van der Waals surface area contributed by atoms with Gasteiger partial charge in [0, 0.05) is 25.2 Å². The molecule has 1 saturated carbocycles. The van der Waals surface area contributed by atoms with Gasteiger partial charge in [0.1, 0.15) is 0 Å². The second-order valence-electron chi connectivity index (χ2n) is 6.08. The van der Waals surface area contributed by atoms with Crippen molar-refractivity contribution in [3.63, 3.8) is 0 Å². The predicted octanol–water partition coefficient (Wildman–Crippen LogP) is 1.40. The van der Waals surface area contributed by atoms with Crippen LogP contribution < -0.4 is 5.32 Å². The van der Waals surface area contributed by atoms with E-state index in [1.54, 1.807) is 0 Å². The normalized spacial score (nSPS) is 35.6. The Balaban J connectivity index is 1.81. The SMILES string of the molecule is CNC1CCCC1CN(C)C1CCCN(C)C1. The van der Waals surface area contributed by atoms with Gasteiger partial charge in [-0.1, -0.05) is 6.42 Å². The van der Waals surface area contributed by atoms with Crippen LogP contribution in [-0.2, 0) is 0 Å². The molecule has 0 bridgehead atoms. The molecule has 1 N–H and O–H groups in total. The highest BCUT2D eigenvalue weighted by Crippen LogP contribution is 2.27. The van der Waals surface area contributed by atoms with E-state index in [4.69, 9.17) is 0 Å². The molecular weight excluding hydrogens is 210 g/mol. The molecule has 3 atom stereocenters. The Labute approximate surface area is 107 Å². The Morgan fingerprint density at radius 2 is 2.06 bits per heavy atom. The Bertz CT molecular complexity index is 232. The number of piperidine rings is 1. The van der Waals surface area contributed by atoms with E-state index >= 15 is 0 Å². The van der Waals surface area contributed by atoms with Crippen LogP contribution in [0.3, 0.4) is 0 Å². The highest BCUT2D eigenvalue weighted by atomic mass is 15.2. The summed E-state index contributed by atoms with van der Waals surface area (Å²) in [6, 6.07) is 1.55. The Morgan fingerprint density at radius 3 is 2.76 bits per heavy atom. The van der Waals surface area contributed by atoms with Crippen molar-refractivity contribution in [1.29, 1.82) is 0 Å². The van der Waals surface area contributed by atoms with Gasteiger partial charge >= 0.3 is 0 Å². The third-order valence-corrected chi connectivity index (χ3v) is 4.78. The Morgan fingerprint density at radius 1 is 1.24 bits per heavy atom. The lowest BCUT2D eigenvalue weighted by molar-refractivity contribution is 0.116. The highest BCUT2D eigenvalue weighted by molar-refractivity contribution is 4.86. The molecule has 0 aromatic carbocycles. The van der Waals surface area contributed by atoms with Crippen LogP contribution in [0.25, 0.3) is 0 Å². The van der Waals surface area contributed by atoms with Crippen molar-refractivity contribution in [3.05, 3.63) is 0 Å². The summed E-state index contributed by atoms with van der Waals surface area (Å²) in [6.07, 6.45) is 6.95. The van der Waals surface area contributed by atoms with E-state index < -0.39 is 0 Å². The molecule has 0 amide bonds. The minimum absolute atomic E-state index is 0.763. The number of rotatable bonds is 4. The maximum Gasteiger partial charge on any atom is 0.0220 e. The Kier molecular flexibility index (Phi) is 4.83. The molecule has 0 aromatic rings. The van der Waals surface area contributed by atoms with Crippen LogP contribution in [-0.4, -0.2) is 62.7 Å². The molecule has 0 aromatic heterocycles. The number of nitrogens with zero attached hydrogens (tertiary/aromatic N) is 2. The van der Waals surface area contributed by atoms with Gasteiger partial charge in [0.15, 0.2) is 0 Å². The van der Waals surface area contributed by atoms with Gasteiger partial charge in [0.2, 0.25) is 0 Å². The summed E-state index contributed by atoms with van der Waals surface area (Å²) in [5.41, 5.74) is 0. The highest BCUT2D eigenvalue weighted by Gasteiger charge is 2.29. The van der Waals surface area contributed by atoms with Crippen molar-refractivity contribution in [2.45, 2.75) is 44.2 Å². The smallest absolute Gasteiger partial charge is 0.0220 e. The van der Waals surface area contributed by atoms with Gasteiger partial charge in [-0.3, -0.25) is 0 Å². The van der Waals surface area contributed by atoms with Crippen LogP contribution in [0.4, 0.5) is 0 Å². The molecule has 1 heterocycles. The van der Waals surface area contributed by atoms with E-state index in [0.29, 0.717) is 0 Å². The topological polar surface area (TPSA) is 18.5 Å². The summed E-state index contributed by atoms with van der Waals surface area (Å²) in [6.45, 7) is 3.82. The van der Waals surface area contributed by atoms with Crippen molar-refractivity contribution in [3.8, 4) is 0 Å². The maximum absolute atomic E-state index is 3.49. The molecule has 0 spiro atoms. The first-order valence-electron chi connectivity index (χ1n) is 7.26. The standard InChI is InChI=1S/C14H29N3/c1-15-14-8-4-6-12(14)10-17(3)13-7-5-9-16(2)11-13/h12-15H,4-11H2,1-3H3. The molecule has 1 aliphatic carbocycles. The summed E-state index contributed by atoms with van der Waals surface area (Å²) in [5, 5.41) is 3.49. The average molecular weight is 239 g/mol. The summed E-state index contributed by atoms with van der Waals surface area (Å²) >= 11 is 0. The van der Waals surface area contributed by atoms with Gasteiger partial charge in [-0.2, -0.15) is 0 Å². The summed E-state index contributed by atoms with van der Waals surface area (Å²) in [5.74, 6) is 0.872. The summed E-state index contributed by atoms with van der Waals surface area (Å²) in [4.78, 5) is 5.10. The molecule has 1 saturated heterocycles. The van der Waals surface area contributed by atoms with E-state index in [2.05, 4.69) is 36.3 Å². The minimum Gasteiger partial charge on any atom is -0.317 e. The first kappa shape index (κ1) is 13.3.